The molecule has 0 fully saturated rings. The van der Waals surface area contributed by atoms with Gasteiger partial charge < -0.3 is 10.8 Å². The van der Waals surface area contributed by atoms with E-state index in [-0.39, 0.29) is 11.1 Å². The van der Waals surface area contributed by atoms with Crippen LogP contribution in [0.5, 0.6) is 0 Å². The summed E-state index contributed by atoms with van der Waals surface area (Å²) in [5, 5.41) is 10.7. The van der Waals surface area contributed by atoms with Crippen molar-refractivity contribution in [2.45, 2.75) is 6.61 Å². The van der Waals surface area contributed by atoms with Crippen LogP contribution in [0.2, 0.25) is 5.02 Å². The molecular weight excluding hydrogens is 288 g/mol. The van der Waals surface area contributed by atoms with Gasteiger partial charge in [0.2, 0.25) is 0 Å². The molecule has 0 aliphatic heterocycles. The Kier molecular flexibility index (Phi) is 3.41. The molecule has 5 heteroatoms. The lowest BCUT2D eigenvalue weighted by Gasteiger charge is -2.15. The number of anilines is 1. The highest BCUT2D eigenvalue weighted by atomic mass is 35.5. The normalized spacial score (nSPS) is 11.0. The standard InChI is InChI=1S/C16H13ClN2O2/c17-10-6-7-12-14(8-10)19(11-4-2-1-3-5-11)16(21)13(9-20)15(12)18/h1-8,20H,9,18H2. The van der Waals surface area contributed by atoms with Crippen LogP contribution in [-0.4, -0.2) is 9.67 Å². The van der Waals surface area contributed by atoms with E-state index in [1.165, 1.54) is 4.57 Å². The van der Waals surface area contributed by atoms with Crippen molar-refractivity contribution in [1.82, 2.24) is 4.57 Å². The van der Waals surface area contributed by atoms with E-state index < -0.39 is 6.61 Å². The monoisotopic (exact) mass is 300 g/mol. The van der Waals surface area contributed by atoms with Gasteiger partial charge in [-0.25, -0.2) is 0 Å². The Bertz CT molecular complexity index is 873. The molecule has 0 saturated carbocycles. The number of aliphatic hydroxyl groups is 1. The smallest absolute Gasteiger partial charge is 0.263 e. The summed E-state index contributed by atoms with van der Waals surface area (Å²) in [4.78, 5) is 12.6. The Balaban J connectivity index is 2.53. The average Bonchev–Trinajstić information content (AvgIpc) is 2.48. The number of nitrogens with two attached hydrogens (primary N) is 1. The molecule has 0 aliphatic carbocycles. The van der Waals surface area contributed by atoms with E-state index in [9.17, 15) is 9.90 Å². The van der Waals surface area contributed by atoms with Gasteiger partial charge in [0.25, 0.3) is 5.56 Å². The van der Waals surface area contributed by atoms with E-state index >= 15 is 0 Å². The minimum atomic E-state index is -0.407. The predicted molar refractivity (Wildman–Crippen MR) is 84.9 cm³/mol. The average molecular weight is 301 g/mol. The molecule has 0 saturated heterocycles. The van der Waals surface area contributed by atoms with Crippen LogP contribution in [0.3, 0.4) is 0 Å². The van der Waals surface area contributed by atoms with Crippen LogP contribution >= 0.6 is 11.6 Å². The van der Waals surface area contributed by atoms with E-state index in [2.05, 4.69) is 0 Å². The first-order chi connectivity index (χ1) is 10.1. The van der Waals surface area contributed by atoms with Gasteiger partial charge in [0, 0.05) is 16.1 Å². The molecule has 0 aliphatic rings. The number of fused-ring (bicyclic) bond motifs is 1. The zero-order chi connectivity index (χ0) is 15.0. The molecule has 3 rings (SSSR count). The first-order valence-electron chi connectivity index (χ1n) is 6.42. The SMILES string of the molecule is Nc1c(CO)c(=O)n(-c2ccccc2)c2cc(Cl)ccc12. The third-order valence-electron chi connectivity index (χ3n) is 3.45. The van der Waals surface area contributed by atoms with E-state index in [1.807, 2.05) is 30.3 Å². The van der Waals surface area contributed by atoms with Crippen molar-refractivity contribution in [1.29, 1.82) is 0 Å². The number of pyridine rings is 1. The van der Waals surface area contributed by atoms with Gasteiger partial charge in [0.15, 0.2) is 0 Å². The number of hydrogen-bond acceptors (Lipinski definition) is 3. The molecule has 3 aromatic rings. The van der Waals surface area contributed by atoms with Crippen LogP contribution in [0.1, 0.15) is 5.56 Å². The summed E-state index contributed by atoms with van der Waals surface area (Å²) in [6.07, 6.45) is 0. The third-order valence-corrected chi connectivity index (χ3v) is 3.68. The summed E-state index contributed by atoms with van der Waals surface area (Å²) in [5.41, 5.74) is 7.47. The molecule has 21 heavy (non-hydrogen) atoms. The molecule has 4 nitrogen and oxygen atoms in total. The molecule has 0 unspecified atom stereocenters. The number of aliphatic hydroxyl groups excluding tert-OH is 1. The van der Waals surface area contributed by atoms with Crippen LogP contribution < -0.4 is 11.3 Å². The van der Waals surface area contributed by atoms with Crippen LogP contribution in [0.25, 0.3) is 16.6 Å². The third kappa shape index (κ3) is 2.18. The highest BCUT2D eigenvalue weighted by Crippen LogP contribution is 2.27. The number of benzene rings is 2. The molecule has 0 radical (unpaired) electrons. The summed E-state index contributed by atoms with van der Waals surface area (Å²) in [6.45, 7) is -0.407. The van der Waals surface area contributed by atoms with Gasteiger partial charge >= 0.3 is 0 Å². The minimum absolute atomic E-state index is 0.189. The van der Waals surface area contributed by atoms with E-state index in [0.717, 1.165) is 0 Å². The zero-order valence-electron chi connectivity index (χ0n) is 11.1. The lowest BCUT2D eigenvalue weighted by molar-refractivity contribution is 0.280. The number of aromatic nitrogens is 1. The topological polar surface area (TPSA) is 68.2 Å². The predicted octanol–water partition coefficient (Wildman–Crippen LogP) is 2.72. The Labute approximate surface area is 126 Å². The van der Waals surface area contributed by atoms with Crippen LogP contribution in [-0.2, 0) is 6.61 Å². The second kappa shape index (κ2) is 5.24. The Morgan fingerprint density at radius 3 is 2.52 bits per heavy atom. The number of nitrogens with zero attached hydrogens (tertiary/aromatic N) is 1. The molecule has 0 amide bonds. The minimum Gasteiger partial charge on any atom is -0.398 e. The lowest BCUT2D eigenvalue weighted by atomic mass is 10.1. The van der Waals surface area contributed by atoms with Crippen molar-refractivity contribution in [3.63, 3.8) is 0 Å². The highest BCUT2D eigenvalue weighted by molar-refractivity contribution is 6.31. The van der Waals surface area contributed by atoms with Crippen molar-refractivity contribution >= 4 is 28.2 Å². The van der Waals surface area contributed by atoms with Gasteiger partial charge in [0.1, 0.15) is 0 Å². The van der Waals surface area contributed by atoms with E-state index in [0.29, 0.717) is 27.3 Å². The second-order valence-electron chi connectivity index (χ2n) is 4.69. The largest absolute Gasteiger partial charge is 0.398 e. The molecule has 0 atom stereocenters. The van der Waals surface area contributed by atoms with Gasteiger partial charge in [-0.2, -0.15) is 0 Å². The van der Waals surface area contributed by atoms with Crippen LogP contribution in [0, 0.1) is 0 Å². The van der Waals surface area contributed by atoms with Gasteiger partial charge in [-0.05, 0) is 30.3 Å². The van der Waals surface area contributed by atoms with Crippen molar-refractivity contribution < 1.29 is 5.11 Å². The first-order valence-corrected chi connectivity index (χ1v) is 6.80. The van der Waals surface area contributed by atoms with Gasteiger partial charge in [-0.1, -0.05) is 29.8 Å². The van der Waals surface area contributed by atoms with Crippen molar-refractivity contribution in [3.05, 3.63) is 69.5 Å². The molecule has 0 bridgehead atoms. The molecule has 0 spiro atoms. The maximum atomic E-state index is 12.6. The Morgan fingerprint density at radius 2 is 1.86 bits per heavy atom. The van der Waals surface area contributed by atoms with Gasteiger partial charge in [0.05, 0.1) is 23.4 Å². The van der Waals surface area contributed by atoms with Gasteiger partial charge in [-0.15, -0.1) is 0 Å². The van der Waals surface area contributed by atoms with Gasteiger partial charge in [-0.3, -0.25) is 9.36 Å². The number of rotatable bonds is 2. The van der Waals surface area contributed by atoms with E-state index in [4.69, 9.17) is 17.3 Å². The Hall–Kier alpha value is -2.30. The molecule has 3 N–H and O–H groups in total. The second-order valence-corrected chi connectivity index (χ2v) is 5.12. The maximum absolute atomic E-state index is 12.6. The fourth-order valence-electron chi connectivity index (χ4n) is 2.43. The van der Waals surface area contributed by atoms with Crippen LogP contribution in [0.15, 0.2) is 53.3 Å². The summed E-state index contributed by atoms with van der Waals surface area (Å²) < 4.78 is 1.52. The van der Waals surface area contributed by atoms with E-state index in [1.54, 1.807) is 18.2 Å². The maximum Gasteiger partial charge on any atom is 0.263 e. The number of halogens is 1. The number of hydrogen-bond donors (Lipinski definition) is 2. The zero-order valence-corrected chi connectivity index (χ0v) is 11.8. The molecule has 1 aromatic heterocycles. The Morgan fingerprint density at radius 1 is 1.14 bits per heavy atom. The summed E-state index contributed by atoms with van der Waals surface area (Å²) in [6, 6.07) is 14.3. The number of nitrogen functional groups attached to an aromatic ring is 1. The summed E-state index contributed by atoms with van der Waals surface area (Å²) in [7, 11) is 0. The van der Waals surface area contributed by atoms with Crippen molar-refractivity contribution in [3.8, 4) is 5.69 Å². The number of para-hydroxylation sites is 1. The molecule has 2 aromatic carbocycles. The fourth-order valence-corrected chi connectivity index (χ4v) is 2.59. The lowest BCUT2D eigenvalue weighted by Crippen LogP contribution is -2.24. The first kappa shape index (κ1) is 13.7. The van der Waals surface area contributed by atoms with Crippen LogP contribution in [0.4, 0.5) is 5.69 Å². The van der Waals surface area contributed by atoms with Crippen molar-refractivity contribution in [2.24, 2.45) is 0 Å². The molecule has 1 heterocycles. The van der Waals surface area contributed by atoms with Crippen molar-refractivity contribution in [2.75, 3.05) is 5.73 Å². The quantitative estimate of drug-likeness (QED) is 0.764. The summed E-state index contributed by atoms with van der Waals surface area (Å²) >= 11 is 6.05. The molecule has 106 valence electrons. The highest BCUT2D eigenvalue weighted by Gasteiger charge is 2.15. The molecular formula is C16H13ClN2O2. The fraction of sp³-hybridized carbons (Fsp3) is 0.0625. The summed E-state index contributed by atoms with van der Waals surface area (Å²) in [5.74, 6) is 0.